The summed E-state index contributed by atoms with van der Waals surface area (Å²) >= 11 is 5.82. The number of alkyl halides is 4. The van der Waals surface area contributed by atoms with E-state index in [1.807, 2.05) is 4.90 Å². The molecule has 1 saturated heterocycles. The molecule has 0 radical (unpaired) electrons. The third-order valence-electron chi connectivity index (χ3n) is 6.31. The molecule has 0 saturated carbocycles. The molecule has 0 spiro atoms. The molecule has 2 aliphatic heterocycles. The van der Waals surface area contributed by atoms with E-state index < -0.39 is 32.3 Å². The number of hydrogen-bond acceptors (Lipinski definition) is 7. The molecule has 7 nitrogen and oxygen atoms in total. The number of benzene rings is 2. The van der Waals surface area contributed by atoms with Gasteiger partial charge in [-0.15, -0.1) is 11.6 Å². The van der Waals surface area contributed by atoms with Gasteiger partial charge in [0.2, 0.25) is 0 Å². The highest BCUT2D eigenvalue weighted by molar-refractivity contribution is 7.93. The van der Waals surface area contributed by atoms with Crippen LogP contribution in [0.15, 0.2) is 46.3 Å². The molecule has 194 valence electrons. The quantitative estimate of drug-likeness (QED) is 0.422. The van der Waals surface area contributed by atoms with Crippen molar-refractivity contribution >= 4 is 39.8 Å². The van der Waals surface area contributed by atoms with Gasteiger partial charge in [0.15, 0.2) is 9.84 Å². The van der Waals surface area contributed by atoms with Crippen LogP contribution in [0.1, 0.15) is 35.2 Å². The second-order valence-electron chi connectivity index (χ2n) is 8.83. The van der Waals surface area contributed by atoms with E-state index in [1.54, 1.807) is 12.1 Å². The number of fused-ring (bicyclic) bond motifs is 1. The number of nitrogens with one attached hydrogen (secondary N) is 1. The zero-order valence-corrected chi connectivity index (χ0v) is 21.1. The van der Waals surface area contributed by atoms with Crippen molar-refractivity contribution in [2.24, 2.45) is 4.99 Å². The van der Waals surface area contributed by atoms with Crippen LogP contribution in [0.25, 0.3) is 0 Å². The monoisotopic (exact) mass is 542 g/mol. The standard InChI is InChI=1S/C24H26ClF3N4O3S/c1-16(25)36(34,35)20-4-2-3-17(9-20)12-32-15-30-23-18(13-31-7-5-29-6-8-31)10-19(24(26,27)28)11-21(23)22(32)14-33/h2-4,9-11,14-16,22,29H,5-8,12-13H2,1H3. The number of nitrogens with zero attached hydrogens (tertiary/aromatic N) is 3. The summed E-state index contributed by atoms with van der Waals surface area (Å²) in [5.74, 6) is 0. The number of aldehydes is 1. The number of sulfone groups is 1. The average molecular weight is 543 g/mol. The molecule has 1 fully saturated rings. The summed E-state index contributed by atoms with van der Waals surface area (Å²) in [6.07, 6.45) is -2.57. The molecule has 0 aromatic heterocycles. The van der Waals surface area contributed by atoms with Crippen molar-refractivity contribution in [2.45, 2.75) is 41.8 Å². The smallest absolute Gasteiger partial charge is 0.344 e. The van der Waals surface area contributed by atoms with Crippen molar-refractivity contribution in [3.05, 3.63) is 58.7 Å². The SMILES string of the molecule is CC(Cl)S(=O)(=O)c1cccc(CN2C=Nc3c(CN4CCNCC4)cc(C(F)(F)F)cc3C2C=O)c1. The first-order chi connectivity index (χ1) is 17.0. The summed E-state index contributed by atoms with van der Waals surface area (Å²) < 4.78 is 65.1. The molecule has 2 unspecified atom stereocenters. The highest BCUT2D eigenvalue weighted by atomic mass is 35.5. The van der Waals surface area contributed by atoms with Crippen LogP contribution in [-0.4, -0.2) is 61.7 Å². The third kappa shape index (κ3) is 5.59. The van der Waals surface area contributed by atoms with Crippen molar-refractivity contribution in [1.29, 1.82) is 0 Å². The van der Waals surface area contributed by atoms with E-state index in [0.29, 0.717) is 36.2 Å². The van der Waals surface area contributed by atoms with Crippen molar-refractivity contribution < 1.29 is 26.4 Å². The summed E-state index contributed by atoms with van der Waals surface area (Å²) in [5, 5.41) is 3.21. The molecular formula is C24H26ClF3N4O3S. The minimum atomic E-state index is -4.59. The molecule has 0 bridgehead atoms. The summed E-state index contributed by atoms with van der Waals surface area (Å²) in [7, 11) is -3.74. The van der Waals surface area contributed by atoms with Crippen LogP contribution in [0.2, 0.25) is 0 Å². The zero-order chi connectivity index (χ0) is 26.1. The highest BCUT2D eigenvalue weighted by Crippen LogP contribution is 2.41. The van der Waals surface area contributed by atoms with Gasteiger partial charge < -0.3 is 15.0 Å². The van der Waals surface area contributed by atoms with Gasteiger partial charge in [0.1, 0.15) is 17.0 Å². The molecule has 1 N–H and O–H groups in total. The van der Waals surface area contributed by atoms with Gasteiger partial charge in [0, 0.05) is 44.8 Å². The van der Waals surface area contributed by atoms with Crippen molar-refractivity contribution in [1.82, 2.24) is 15.1 Å². The number of piperazine rings is 1. The van der Waals surface area contributed by atoms with Crippen molar-refractivity contribution in [2.75, 3.05) is 26.2 Å². The Kier molecular flexibility index (Phi) is 7.75. The number of aliphatic imine (C=N–C) groups is 1. The highest BCUT2D eigenvalue weighted by Gasteiger charge is 2.35. The summed E-state index contributed by atoms with van der Waals surface area (Å²) in [5.41, 5.74) is 0.657. The lowest BCUT2D eigenvalue weighted by atomic mass is 9.95. The van der Waals surface area contributed by atoms with Gasteiger partial charge in [-0.05, 0) is 42.3 Å². The van der Waals surface area contributed by atoms with Gasteiger partial charge in [-0.3, -0.25) is 4.90 Å². The fraction of sp³-hybridized carbons (Fsp3) is 0.417. The van der Waals surface area contributed by atoms with Crippen LogP contribution >= 0.6 is 11.6 Å². The molecule has 36 heavy (non-hydrogen) atoms. The first kappa shape index (κ1) is 26.6. The van der Waals surface area contributed by atoms with Gasteiger partial charge in [-0.25, -0.2) is 13.4 Å². The average Bonchev–Trinajstić information content (AvgIpc) is 2.84. The molecule has 4 rings (SSSR count). The van der Waals surface area contributed by atoms with Crippen molar-refractivity contribution in [3.8, 4) is 0 Å². The maximum atomic E-state index is 13.8. The molecular weight excluding hydrogens is 517 g/mol. The van der Waals surface area contributed by atoms with E-state index in [1.165, 1.54) is 30.3 Å². The van der Waals surface area contributed by atoms with E-state index in [0.717, 1.165) is 25.2 Å². The van der Waals surface area contributed by atoms with Crippen LogP contribution in [0.5, 0.6) is 0 Å². The molecule has 2 heterocycles. The van der Waals surface area contributed by atoms with Gasteiger partial charge >= 0.3 is 6.18 Å². The van der Waals surface area contributed by atoms with Crippen LogP contribution in [-0.2, 0) is 33.9 Å². The van der Waals surface area contributed by atoms with Gasteiger partial charge in [0.05, 0.1) is 22.5 Å². The van der Waals surface area contributed by atoms with Crippen LogP contribution in [0, 0.1) is 0 Å². The molecule has 12 heteroatoms. The Morgan fingerprint density at radius 1 is 1.19 bits per heavy atom. The van der Waals surface area contributed by atoms with E-state index >= 15 is 0 Å². The molecule has 2 aromatic rings. The van der Waals surface area contributed by atoms with E-state index in [-0.39, 0.29) is 23.5 Å². The predicted octanol–water partition coefficient (Wildman–Crippen LogP) is 3.88. The summed E-state index contributed by atoms with van der Waals surface area (Å²) in [4.78, 5) is 20.2. The van der Waals surface area contributed by atoms with Crippen LogP contribution in [0.3, 0.4) is 0 Å². The summed E-state index contributed by atoms with van der Waals surface area (Å²) in [6.45, 7) is 4.58. The van der Waals surface area contributed by atoms with Crippen molar-refractivity contribution in [3.63, 3.8) is 0 Å². The number of carbonyl (C=O) groups is 1. The zero-order valence-electron chi connectivity index (χ0n) is 19.5. The maximum absolute atomic E-state index is 13.8. The largest absolute Gasteiger partial charge is 0.416 e. The lowest BCUT2D eigenvalue weighted by Gasteiger charge is -2.33. The normalized spacial score (nSPS) is 19.7. The maximum Gasteiger partial charge on any atom is 0.416 e. The number of rotatable bonds is 7. The summed E-state index contributed by atoms with van der Waals surface area (Å²) in [6, 6.07) is 7.17. The first-order valence-electron chi connectivity index (χ1n) is 11.4. The predicted molar refractivity (Wildman–Crippen MR) is 131 cm³/mol. The fourth-order valence-electron chi connectivity index (χ4n) is 4.39. The number of hydrogen-bond donors (Lipinski definition) is 1. The Bertz CT molecular complexity index is 1260. The first-order valence-corrected chi connectivity index (χ1v) is 13.4. The van der Waals surface area contributed by atoms with E-state index in [2.05, 4.69) is 10.3 Å². The molecule has 0 amide bonds. The lowest BCUT2D eigenvalue weighted by molar-refractivity contribution is -0.137. The molecule has 2 aliphatic rings. The Morgan fingerprint density at radius 2 is 1.92 bits per heavy atom. The lowest BCUT2D eigenvalue weighted by Crippen LogP contribution is -2.43. The second kappa shape index (κ2) is 10.5. The minimum Gasteiger partial charge on any atom is -0.344 e. The van der Waals surface area contributed by atoms with Gasteiger partial charge in [-0.2, -0.15) is 13.2 Å². The Labute approximate surface area is 212 Å². The number of halogens is 4. The van der Waals surface area contributed by atoms with E-state index in [4.69, 9.17) is 11.6 Å². The van der Waals surface area contributed by atoms with Crippen LogP contribution in [0.4, 0.5) is 18.9 Å². The van der Waals surface area contributed by atoms with Gasteiger partial charge in [-0.1, -0.05) is 12.1 Å². The Morgan fingerprint density at radius 3 is 2.56 bits per heavy atom. The fourth-order valence-corrected chi connectivity index (χ4v) is 5.66. The topological polar surface area (TPSA) is 82.1 Å². The Balaban J connectivity index is 1.69. The molecule has 0 aliphatic carbocycles. The minimum absolute atomic E-state index is 0.0252. The molecule has 2 aromatic carbocycles. The second-order valence-corrected chi connectivity index (χ2v) is 12.0. The van der Waals surface area contributed by atoms with Crippen LogP contribution < -0.4 is 5.32 Å². The number of carbonyl (C=O) groups excluding carboxylic acids is 1. The Hall–Kier alpha value is -2.47. The van der Waals surface area contributed by atoms with Gasteiger partial charge in [0.25, 0.3) is 0 Å². The molecule has 2 atom stereocenters. The van der Waals surface area contributed by atoms with E-state index in [9.17, 15) is 26.4 Å². The third-order valence-corrected chi connectivity index (χ3v) is 8.78.